The van der Waals surface area contributed by atoms with E-state index >= 15 is 0 Å². The minimum atomic E-state index is -0.273. The number of aliphatic hydroxyl groups excluding tert-OH is 1. The van der Waals surface area contributed by atoms with E-state index in [0.717, 1.165) is 12.2 Å². The van der Waals surface area contributed by atoms with Crippen molar-refractivity contribution in [2.75, 3.05) is 45.7 Å². The number of carbonyl (C=O) groups excluding carboxylic acids is 1. The second kappa shape index (κ2) is 11.8. The Bertz CT molecular complexity index is 1180. The van der Waals surface area contributed by atoms with Crippen molar-refractivity contribution >= 4 is 11.6 Å². The van der Waals surface area contributed by atoms with E-state index in [4.69, 9.17) is 4.74 Å². The minimum Gasteiger partial charge on any atom is -0.486 e. The molecular formula is C31H39N3O3. The van der Waals surface area contributed by atoms with Crippen molar-refractivity contribution in [1.29, 1.82) is 0 Å². The first-order valence-electron chi connectivity index (χ1n) is 13.0. The summed E-state index contributed by atoms with van der Waals surface area (Å²) in [5, 5.41) is 9.87. The Balaban J connectivity index is 1.55. The predicted octanol–water partition coefficient (Wildman–Crippen LogP) is 4.77. The number of anilines is 1. The van der Waals surface area contributed by atoms with E-state index in [1.54, 1.807) is 4.90 Å². The highest BCUT2D eigenvalue weighted by molar-refractivity contribution is 5.99. The molecule has 0 saturated carbocycles. The maximum Gasteiger partial charge on any atom is 0.258 e. The fourth-order valence-electron chi connectivity index (χ4n) is 4.91. The molecule has 0 saturated heterocycles. The lowest BCUT2D eigenvalue weighted by molar-refractivity contribution is 0.0343. The van der Waals surface area contributed by atoms with Crippen molar-refractivity contribution in [2.24, 2.45) is 5.92 Å². The monoisotopic (exact) mass is 501 g/mol. The predicted molar refractivity (Wildman–Crippen MR) is 150 cm³/mol. The second-order valence-corrected chi connectivity index (χ2v) is 10.4. The first kappa shape index (κ1) is 26.7. The SMILES string of the molecule is C[C@H](CO)N1C[C@H](C)[C@@H](CN(C)Cc2ccc(-c3ccccc3)cc2)Oc2c(cccc2N(C)C)C1=O. The molecule has 4 rings (SSSR count). The molecule has 1 amide bonds. The molecule has 6 heteroatoms. The van der Waals surface area contributed by atoms with E-state index in [9.17, 15) is 9.90 Å². The van der Waals surface area contributed by atoms with Crippen LogP contribution in [0.4, 0.5) is 5.69 Å². The minimum absolute atomic E-state index is 0.0734. The van der Waals surface area contributed by atoms with Gasteiger partial charge in [-0.05, 0) is 42.8 Å². The van der Waals surface area contributed by atoms with Crippen LogP contribution < -0.4 is 9.64 Å². The number of rotatable bonds is 8. The van der Waals surface area contributed by atoms with E-state index in [2.05, 4.69) is 67.4 Å². The van der Waals surface area contributed by atoms with Gasteiger partial charge in [0.1, 0.15) is 6.10 Å². The molecule has 1 aliphatic heterocycles. The molecule has 0 spiro atoms. The zero-order valence-corrected chi connectivity index (χ0v) is 22.6. The van der Waals surface area contributed by atoms with Gasteiger partial charge < -0.3 is 19.6 Å². The smallest absolute Gasteiger partial charge is 0.258 e. The molecule has 1 aliphatic rings. The quantitative estimate of drug-likeness (QED) is 0.482. The van der Waals surface area contributed by atoms with Crippen LogP contribution in [0.2, 0.25) is 0 Å². The number of hydrogen-bond donors (Lipinski definition) is 1. The zero-order chi connectivity index (χ0) is 26.5. The van der Waals surface area contributed by atoms with E-state index in [1.165, 1.54) is 16.7 Å². The Morgan fingerprint density at radius 3 is 2.30 bits per heavy atom. The summed E-state index contributed by atoms with van der Waals surface area (Å²) in [5.74, 6) is 0.589. The molecule has 0 radical (unpaired) electrons. The van der Waals surface area contributed by atoms with Gasteiger partial charge in [0.2, 0.25) is 0 Å². The first-order valence-corrected chi connectivity index (χ1v) is 13.0. The molecule has 1 N–H and O–H groups in total. The molecule has 3 aromatic carbocycles. The average molecular weight is 502 g/mol. The van der Waals surface area contributed by atoms with Crippen molar-refractivity contribution < 1.29 is 14.6 Å². The van der Waals surface area contributed by atoms with Crippen LogP contribution in [-0.2, 0) is 6.54 Å². The van der Waals surface area contributed by atoms with Crippen LogP contribution in [0.5, 0.6) is 5.75 Å². The van der Waals surface area contributed by atoms with Gasteiger partial charge in [0, 0.05) is 39.6 Å². The molecule has 0 fully saturated rings. The van der Waals surface area contributed by atoms with Crippen molar-refractivity contribution in [3.8, 4) is 16.9 Å². The van der Waals surface area contributed by atoms with Crippen LogP contribution in [0.25, 0.3) is 11.1 Å². The van der Waals surface area contributed by atoms with Crippen molar-refractivity contribution in [2.45, 2.75) is 32.5 Å². The Morgan fingerprint density at radius 1 is 0.973 bits per heavy atom. The lowest BCUT2D eigenvalue weighted by atomic mass is 9.98. The number of fused-ring (bicyclic) bond motifs is 1. The van der Waals surface area contributed by atoms with Gasteiger partial charge >= 0.3 is 0 Å². The number of amides is 1. The number of aliphatic hydroxyl groups is 1. The van der Waals surface area contributed by atoms with Crippen molar-refractivity contribution in [3.05, 3.63) is 83.9 Å². The molecule has 0 unspecified atom stereocenters. The molecule has 0 bridgehead atoms. The van der Waals surface area contributed by atoms with Gasteiger partial charge in [0.25, 0.3) is 5.91 Å². The summed E-state index contributed by atoms with van der Waals surface area (Å²) in [6.07, 6.45) is -0.130. The lowest BCUT2D eigenvalue weighted by Gasteiger charge is -2.39. The third-order valence-electron chi connectivity index (χ3n) is 7.16. The Labute approximate surface area is 221 Å². The number of para-hydroxylation sites is 1. The summed E-state index contributed by atoms with van der Waals surface area (Å²) in [4.78, 5) is 19.6. The normalized spacial score (nSPS) is 18.6. The molecule has 196 valence electrons. The van der Waals surface area contributed by atoms with Crippen LogP contribution in [0.1, 0.15) is 29.8 Å². The van der Waals surface area contributed by atoms with Gasteiger partial charge in [-0.1, -0.05) is 67.6 Å². The molecular weight excluding hydrogens is 462 g/mol. The Hall–Kier alpha value is -3.35. The summed E-state index contributed by atoms with van der Waals surface area (Å²) in [6.45, 7) is 5.96. The first-order chi connectivity index (χ1) is 17.8. The standard InChI is InChI=1S/C31H39N3O3/c1-22-18-34(23(2)21-35)31(36)27-12-9-13-28(32(3)4)30(27)37-29(22)20-33(5)19-24-14-16-26(17-15-24)25-10-7-6-8-11-25/h6-17,22-23,29,35H,18-21H2,1-5H3/t22-,23+,29+/m0/s1. The van der Waals surface area contributed by atoms with E-state index in [-0.39, 0.29) is 30.6 Å². The van der Waals surface area contributed by atoms with Gasteiger partial charge in [-0.15, -0.1) is 0 Å². The van der Waals surface area contributed by atoms with Crippen LogP contribution in [-0.4, -0.2) is 73.8 Å². The third kappa shape index (κ3) is 6.14. The molecule has 6 nitrogen and oxygen atoms in total. The van der Waals surface area contributed by atoms with Gasteiger partial charge in [0.15, 0.2) is 5.75 Å². The van der Waals surface area contributed by atoms with Gasteiger partial charge in [-0.3, -0.25) is 9.69 Å². The molecule has 3 aromatic rings. The topological polar surface area (TPSA) is 56.2 Å². The van der Waals surface area contributed by atoms with Gasteiger partial charge in [-0.2, -0.15) is 0 Å². The molecule has 3 atom stereocenters. The van der Waals surface area contributed by atoms with E-state index in [1.807, 2.05) is 50.2 Å². The number of likely N-dealkylation sites (N-methyl/N-ethyl adjacent to an activating group) is 1. The van der Waals surface area contributed by atoms with E-state index < -0.39 is 0 Å². The number of ether oxygens (including phenoxy) is 1. The van der Waals surface area contributed by atoms with Crippen LogP contribution >= 0.6 is 0 Å². The summed E-state index contributed by atoms with van der Waals surface area (Å²) in [5.41, 5.74) is 5.08. The van der Waals surface area contributed by atoms with Crippen LogP contribution in [0.3, 0.4) is 0 Å². The molecule has 1 heterocycles. The number of carbonyl (C=O) groups is 1. The second-order valence-electron chi connectivity index (χ2n) is 10.4. The van der Waals surface area contributed by atoms with Crippen molar-refractivity contribution in [1.82, 2.24) is 9.80 Å². The summed E-state index contributed by atoms with van der Waals surface area (Å²) in [7, 11) is 6.03. The molecule has 0 aromatic heterocycles. The summed E-state index contributed by atoms with van der Waals surface area (Å²) in [6, 6.07) is 24.5. The van der Waals surface area contributed by atoms with Crippen LogP contribution in [0, 0.1) is 5.92 Å². The highest BCUT2D eigenvalue weighted by Crippen LogP contribution is 2.36. The number of benzene rings is 3. The highest BCUT2D eigenvalue weighted by atomic mass is 16.5. The van der Waals surface area contributed by atoms with E-state index in [0.29, 0.717) is 24.4 Å². The zero-order valence-electron chi connectivity index (χ0n) is 22.6. The summed E-state index contributed by atoms with van der Waals surface area (Å²) >= 11 is 0. The van der Waals surface area contributed by atoms with Crippen molar-refractivity contribution in [3.63, 3.8) is 0 Å². The van der Waals surface area contributed by atoms with Gasteiger partial charge in [-0.25, -0.2) is 0 Å². The fourth-order valence-corrected chi connectivity index (χ4v) is 4.91. The third-order valence-corrected chi connectivity index (χ3v) is 7.16. The highest BCUT2D eigenvalue weighted by Gasteiger charge is 2.34. The molecule has 0 aliphatic carbocycles. The fraction of sp³-hybridized carbons (Fsp3) is 0.387. The van der Waals surface area contributed by atoms with Gasteiger partial charge in [0.05, 0.1) is 23.9 Å². The molecule has 37 heavy (non-hydrogen) atoms. The Kier molecular flexibility index (Phi) is 8.52. The van der Waals surface area contributed by atoms with Crippen LogP contribution in [0.15, 0.2) is 72.8 Å². The largest absolute Gasteiger partial charge is 0.486 e. The Morgan fingerprint density at radius 2 is 1.65 bits per heavy atom. The average Bonchev–Trinajstić information content (AvgIpc) is 2.90. The number of nitrogens with zero attached hydrogens (tertiary/aromatic N) is 3. The maximum atomic E-state index is 13.5. The lowest BCUT2D eigenvalue weighted by Crippen LogP contribution is -2.49. The number of hydrogen-bond acceptors (Lipinski definition) is 5. The summed E-state index contributed by atoms with van der Waals surface area (Å²) < 4.78 is 6.67. The maximum absolute atomic E-state index is 13.5.